The van der Waals surface area contributed by atoms with Crippen molar-refractivity contribution in [1.82, 2.24) is 10.1 Å². The first kappa shape index (κ1) is 20.1. The van der Waals surface area contributed by atoms with Gasteiger partial charge >= 0.3 is 0 Å². The van der Waals surface area contributed by atoms with Crippen LogP contribution in [0.25, 0.3) is 33.4 Å². The lowest BCUT2D eigenvalue weighted by molar-refractivity contribution is 0.102. The number of benzene rings is 3. The molecule has 0 fully saturated rings. The predicted molar refractivity (Wildman–Crippen MR) is 128 cm³/mol. The van der Waals surface area contributed by atoms with E-state index in [4.69, 9.17) is 16.1 Å². The van der Waals surface area contributed by atoms with E-state index in [1.54, 1.807) is 13.0 Å². The Hall–Kier alpha value is -3.83. The van der Waals surface area contributed by atoms with Gasteiger partial charge in [0, 0.05) is 16.5 Å². The Kier molecular flexibility index (Phi) is 5.04. The number of aromatic amines is 1. The van der Waals surface area contributed by atoms with Crippen LogP contribution in [0, 0.1) is 13.8 Å². The van der Waals surface area contributed by atoms with E-state index in [-0.39, 0.29) is 5.91 Å². The third kappa shape index (κ3) is 3.37. The molecule has 6 heteroatoms. The van der Waals surface area contributed by atoms with Gasteiger partial charge in [-0.25, -0.2) is 0 Å². The molecule has 2 aromatic heterocycles. The van der Waals surface area contributed by atoms with Crippen LogP contribution in [0.4, 0.5) is 5.69 Å². The third-order valence-electron chi connectivity index (χ3n) is 5.56. The molecule has 0 atom stereocenters. The van der Waals surface area contributed by atoms with Crippen molar-refractivity contribution in [3.05, 3.63) is 94.7 Å². The fourth-order valence-corrected chi connectivity index (χ4v) is 4.19. The van der Waals surface area contributed by atoms with Crippen molar-refractivity contribution in [2.24, 2.45) is 0 Å². The lowest BCUT2D eigenvalue weighted by Crippen LogP contribution is -2.14. The Morgan fingerprint density at radius 2 is 1.72 bits per heavy atom. The monoisotopic (exact) mass is 441 g/mol. The molecular formula is C26H20ClN3O2. The summed E-state index contributed by atoms with van der Waals surface area (Å²) in [6.45, 7) is 3.76. The summed E-state index contributed by atoms with van der Waals surface area (Å²) >= 11 is 6.37. The number of para-hydroxylation sites is 1. The zero-order valence-corrected chi connectivity index (χ0v) is 18.3. The molecule has 0 bridgehead atoms. The number of nitrogens with one attached hydrogen (secondary N) is 2. The maximum atomic E-state index is 13.5. The number of H-pyrrole nitrogens is 1. The second-order valence-electron chi connectivity index (χ2n) is 7.63. The molecule has 0 saturated heterocycles. The Bertz CT molecular complexity index is 1450. The van der Waals surface area contributed by atoms with Crippen molar-refractivity contribution >= 4 is 34.1 Å². The van der Waals surface area contributed by atoms with Gasteiger partial charge < -0.3 is 14.8 Å². The zero-order valence-electron chi connectivity index (χ0n) is 17.6. The van der Waals surface area contributed by atoms with Gasteiger partial charge in [-0.2, -0.15) is 0 Å². The standard InChI is InChI=1S/C26H20ClN3O2/c1-15-9-8-13-19-22(15)28-23(17-10-4-3-5-11-17)25(19)29-26(31)21-16(2)32-30-24(21)18-12-6-7-14-20(18)27/h3-14,28H,1-2H3,(H,29,31). The molecule has 1 amide bonds. The van der Waals surface area contributed by atoms with Gasteiger partial charge in [0.1, 0.15) is 17.0 Å². The van der Waals surface area contributed by atoms with Crippen molar-refractivity contribution in [2.75, 3.05) is 5.32 Å². The van der Waals surface area contributed by atoms with Crippen LogP contribution < -0.4 is 5.32 Å². The second-order valence-corrected chi connectivity index (χ2v) is 8.04. The van der Waals surface area contributed by atoms with Gasteiger partial charge in [0.05, 0.1) is 21.9 Å². The molecule has 0 unspecified atom stereocenters. The number of aromatic nitrogens is 2. The molecular weight excluding hydrogens is 422 g/mol. The number of aryl methyl sites for hydroxylation is 2. The Morgan fingerprint density at radius 3 is 2.50 bits per heavy atom. The van der Waals surface area contributed by atoms with Crippen LogP contribution in [0.15, 0.2) is 77.3 Å². The van der Waals surface area contributed by atoms with Gasteiger partial charge in [-0.3, -0.25) is 4.79 Å². The van der Waals surface area contributed by atoms with Crippen molar-refractivity contribution in [3.63, 3.8) is 0 Å². The Morgan fingerprint density at radius 1 is 0.969 bits per heavy atom. The van der Waals surface area contributed by atoms with E-state index in [1.165, 1.54) is 0 Å². The van der Waals surface area contributed by atoms with Crippen molar-refractivity contribution in [1.29, 1.82) is 0 Å². The smallest absolute Gasteiger partial charge is 0.261 e. The minimum absolute atomic E-state index is 0.307. The molecule has 158 valence electrons. The molecule has 2 heterocycles. The summed E-state index contributed by atoms with van der Waals surface area (Å²) in [6, 6.07) is 23.2. The van der Waals surface area contributed by atoms with Crippen molar-refractivity contribution < 1.29 is 9.32 Å². The quantitative estimate of drug-likeness (QED) is 0.315. The highest BCUT2D eigenvalue weighted by Gasteiger charge is 2.25. The van der Waals surface area contributed by atoms with E-state index in [0.717, 1.165) is 27.7 Å². The maximum Gasteiger partial charge on any atom is 0.261 e. The fraction of sp³-hybridized carbons (Fsp3) is 0.0769. The Labute approximate surface area is 190 Å². The molecule has 0 radical (unpaired) electrons. The summed E-state index contributed by atoms with van der Waals surface area (Å²) in [5.74, 6) is 0.118. The molecule has 5 aromatic rings. The van der Waals surface area contributed by atoms with E-state index in [9.17, 15) is 4.79 Å². The van der Waals surface area contributed by atoms with Crippen LogP contribution in [-0.2, 0) is 0 Å². The van der Waals surface area contributed by atoms with Crippen LogP contribution in [0.1, 0.15) is 21.7 Å². The van der Waals surface area contributed by atoms with E-state index in [2.05, 4.69) is 15.5 Å². The molecule has 0 aliphatic rings. The van der Waals surface area contributed by atoms with E-state index in [0.29, 0.717) is 33.3 Å². The zero-order chi connectivity index (χ0) is 22.2. The molecule has 5 nitrogen and oxygen atoms in total. The van der Waals surface area contributed by atoms with Gasteiger partial charge in [-0.15, -0.1) is 0 Å². The molecule has 0 aliphatic heterocycles. The van der Waals surface area contributed by atoms with Gasteiger partial charge in [-0.05, 0) is 25.5 Å². The first-order valence-corrected chi connectivity index (χ1v) is 10.6. The maximum absolute atomic E-state index is 13.5. The number of hydrogen-bond donors (Lipinski definition) is 2. The lowest BCUT2D eigenvalue weighted by atomic mass is 10.0. The third-order valence-corrected chi connectivity index (χ3v) is 5.89. The van der Waals surface area contributed by atoms with E-state index < -0.39 is 0 Å². The molecule has 0 aliphatic carbocycles. The van der Waals surface area contributed by atoms with Gasteiger partial charge in [0.2, 0.25) is 0 Å². The number of anilines is 1. The topological polar surface area (TPSA) is 70.9 Å². The lowest BCUT2D eigenvalue weighted by Gasteiger charge is -2.09. The first-order valence-electron chi connectivity index (χ1n) is 10.2. The number of hydrogen-bond acceptors (Lipinski definition) is 3. The van der Waals surface area contributed by atoms with Crippen LogP contribution in [0.5, 0.6) is 0 Å². The molecule has 32 heavy (non-hydrogen) atoms. The number of fused-ring (bicyclic) bond motifs is 1. The van der Waals surface area contributed by atoms with Crippen LogP contribution in [0.3, 0.4) is 0 Å². The van der Waals surface area contributed by atoms with Crippen LogP contribution in [-0.4, -0.2) is 16.0 Å². The highest BCUT2D eigenvalue weighted by Crippen LogP contribution is 2.37. The summed E-state index contributed by atoms with van der Waals surface area (Å²) in [7, 11) is 0. The normalized spacial score (nSPS) is 11.1. The highest BCUT2D eigenvalue weighted by atomic mass is 35.5. The summed E-state index contributed by atoms with van der Waals surface area (Å²) < 4.78 is 5.39. The number of rotatable bonds is 4. The number of carbonyl (C=O) groups excluding carboxylic acids is 1. The van der Waals surface area contributed by atoms with E-state index in [1.807, 2.05) is 73.7 Å². The van der Waals surface area contributed by atoms with Crippen molar-refractivity contribution in [2.45, 2.75) is 13.8 Å². The second kappa shape index (κ2) is 8.02. The summed E-state index contributed by atoms with van der Waals surface area (Å²) in [5.41, 5.74) is 6.04. The van der Waals surface area contributed by atoms with Crippen LogP contribution in [0.2, 0.25) is 5.02 Å². The summed E-state index contributed by atoms with van der Waals surface area (Å²) in [4.78, 5) is 17.0. The highest BCUT2D eigenvalue weighted by molar-refractivity contribution is 6.33. The van der Waals surface area contributed by atoms with Crippen LogP contribution >= 0.6 is 11.6 Å². The predicted octanol–water partition coefficient (Wildman–Crippen LogP) is 7.01. The molecule has 2 N–H and O–H groups in total. The number of nitrogens with zero attached hydrogens (tertiary/aromatic N) is 1. The minimum Gasteiger partial charge on any atom is -0.360 e. The number of halogens is 1. The fourth-order valence-electron chi connectivity index (χ4n) is 3.97. The molecule has 3 aromatic carbocycles. The minimum atomic E-state index is -0.307. The van der Waals surface area contributed by atoms with Gasteiger partial charge in [-0.1, -0.05) is 83.5 Å². The van der Waals surface area contributed by atoms with Gasteiger partial charge in [0.25, 0.3) is 5.91 Å². The molecule has 0 spiro atoms. The number of amides is 1. The molecule has 0 saturated carbocycles. The summed E-state index contributed by atoms with van der Waals surface area (Å²) in [5, 5.41) is 8.68. The molecule has 5 rings (SSSR count). The average molecular weight is 442 g/mol. The first-order chi connectivity index (χ1) is 15.5. The largest absolute Gasteiger partial charge is 0.360 e. The average Bonchev–Trinajstić information content (AvgIpc) is 3.36. The Balaban J connectivity index is 1.64. The SMILES string of the molecule is Cc1onc(-c2ccccc2Cl)c1C(=O)Nc1c(-c2ccccc2)[nH]c2c(C)cccc12. The van der Waals surface area contributed by atoms with Crippen molar-refractivity contribution in [3.8, 4) is 22.5 Å². The van der Waals surface area contributed by atoms with Gasteiger partial charge in [0.15, 0.2) is 0 Å². The van der Waals surface area contributed by atoms with E-state index >= 15 is 0 Å². The summed E-state index contributed by atoms with van der Waals surface area (Å²) in [6.07, 6.45) is 0. The number of carbonyl (C=O) groups is 1.